The van der Waals surface area contributed by atoms with Crippen molar-refractivity contribution in [3.8, 4) is 0 Å². The van der Waals surface area contributed by atoms with Gasteiger partial charge in [0.2, 0.25) is 0 Å². The Morgan fingerprint density at radius 1 is 1.82 bits per heavy atom. The lowest BCUT2D eigenvalue weighted by molar-refractivity contribution is 0.0972. The zero-order chi connectivity index (χ0) is 8.43. The van der Waals surface area contributed by atoms with E-state index in [1.54, 1.807) is 18.4 Å². The molecule has 11 heavy (non-hydrogen) atoms. The lowest BCUT2D eigenvalue weighted by atomic mass is 10.2. The molecule has 0 aliphatic heterocycles. The second-order valence-corrected chi connectivity index (χ2v) is 3.57. The number of thiophene rings is 1. The van der Waals surface area contributed by atoms with Crippen LogP contribution in [0.4, 0.5) is 0 Å². The van der Waals surface area contributed by atoms with E-state index in [2.05, 4.69) is 0 Å². The molecule has 4 heteroatoms. The molecule has 0 radical (unpaired) electrons. The highest BCUT2D eigenvalue weighted by Gasteiger charge is 2.14. The third kappa shape index (κ3) is 1.80. The van der Waals surface area contributed by atoms with Crippen molar-refractivity contribution >= 4 is 28.7 Å². The van der Waals surface area contributed by atoms with Crippen LogP contribution in [0.3, 0.4) is 0 Å². The smallest absolute Gasteiger partial charge is 0.190 e. The number of Topliss-reactive ketones (excluding diaryl/α,β-unsaturated/α-hetero) is 1. The first-order chi connectivity index (χ1) is 5.13. The fourth-order valence-corrected chi connectivity index (χ4v) is 1.86. The van der Waals surface area contributed by atoms with Gasteiger partial charge in [-0.05, 0) is 18.4 Å². The van der Waals surface area contributed by atoms with Gasteiger partial charge in [0.25, 0.3) is 0 Å². The first-order valence-corrected chi connectivity index (χ1v) is 4.41. The maximum atomic E-state index is 11.2. The molecule has 1 aromatic heterocycles. The quantitative estimate of drug-likeness (QED) is 0.723. The first kappa shape index (κ1) is 8.71. The molecule has 0 spiro atoms. The Kier molecular flexibility index (Phi) is 2.65. The van der Waals surface area contributed by atoms with Gasteiger partial charge >= 0.3 is 0 Å². The van der Waals surface area contributed by atoms with Gasteiger partial charge in [0.05, 0.1) is 15.9 Å². The zero-order valence-electron chi connectivity index (χ0n) is 6.00. The zero-order valence-corrected chi connectivity index (χ0v) is 7.58. The number of halogens is 1. The van der Waals surface area contributed by atoms with Gasteiger partial charge < -0.3 is 5.73 Å². The van der Waals surface area contributed by atoms with E-state index >= 15 is 0 Å². The van der Waals surface area contributed by atoms with Gasteiger partial charge in [0.15, 0.2) is 5.78 Å². The van der Waals surface area contributed by atoms with Gasteiger partial charge in [0.1, 0.15) is 0 Å². The maximum absolute atomic E-state index is 11.2. The van der Waals surface area contributed by atoms with Crippen LogP contribution in [0.5, 0.6) is 0 Å². The molecule has 0 unspecified atom stereocenters. The van der Waals surface area contributed by atoms with Crippen LogP contribution < -0.4 is 5.73 Å². The Labute approximate surface area is 74.0 Å². The maximum Gasteiger partial charge on any atom is 0.190 e. The number of ketones is 1. The molecule has 0 aliphatic carbocycles. The van der Waals surface area contributed by atoms with E-state index in [0.29, 0.717) is 9.90 Å². The second kappa shape index (κ2) is 3.34. The summed E-state index contributed by atoms with van der Waals surface area (Å²) in [6.07, 6.45) is 0. The fourth-order valence-electron chi connectivity index (χ4n) is 0.676. The van der Waals surface area contributed by atoms with E-state index in [4.69, 9.17) is 17.3 Å². The molecule has 0 amide bonds. The molecule has 1 aromatic rings. The van der Waals surface area contributed by atoms with Crippen molar-refractivity contribution in [1.29, 1.82) is 0 Å². The number of nitrogens with two attached hydrogens (primary N) is 1. The Morgan fingerprint density at radius 3 is 2.82 bits per heavy atom. The molecule has 0 fully saturated rings. The molecular formula is C7H8ClNOS. The fraction of sp³-hybridized carbons (Fsp3) is 0.286. The third-order valence-corrected chi connectivity index (χ3v) is 2.61. The monoisotopic (exact) mass is 189 g/mol. The van der Waals surface area contributed by atoms with Crippen LogP contribution in [-0.4, -0.2) is 11.8 Å². The largest absolute Gasteiger partial charge is 0.321 e. The minimum atomic E-state index is -0.467. The summed E-state index contributed by atoms with van der Waals surface area (Å²) >= 11 is 7.04. The predicted molar refractivity (Wildman–Crippen MR) is 47.3 cm³/mol. The molecule has 0 aliphatic rings. The van der Waals surface area contributed by atoms with Crippen LogP contribution >= 0.6 is 22.9 Å². The van der Waals surface area contributed by atoms with Crippen LogP contribution in [-0.2, 0) is 0 Å². The van der Waals surface area contributed by atoms with Gasteiger partial charge in [-0.1, -0.05) is 11.6 Å². The summed E-state index contributed by atoms with van der Waals surface area (Å²) in [5.41, 5.74) is 5.39. The van der Waals surface area contributed by atoms with Crippen LogP contribution in [0.15, 0.2) is 11.4 Å². The minimum absolute atomic E-state index is 0.0926. The molecule has 1 rings (SSSR count). The minimum Gasteiger partial charge on any atom is -0.321 e. The van der Waals surface area contributed by atoms with Crippen molar-refractivity contribution in [2.24, 2.45) is 5.73 Å². The lowest BCUT2D eigenvalue weighted by Crippen LogP contribution is -2.25. The predicted octanol–water partition coefficient (Wildman–Crippen LogP) is 1.93. The highest BCUT2D eigenvalue weighted by Crippen LogP contribution is 2.22. The van der Waals surface area contributed by atoms with Crippen LogP contribution in [0, 0.1) is 0 Å². The van der Waals surface area contributed by atoms with Gasteiger partial charge in [0, 0.05) is 0 Å². The van der Waals surface area contributed by atoms with Crippen molar-refractivity contribution < 1.29 is 4.79 Å². The van der Waals surface area contributed by atoms with E-state index in [0.717, 1.165) is 0 Å². The van der Waals surface area contributed by atoms with Crippen molar-refractivity contribution in [3.63, 3.8) is 0 Å². The molecule has 1 heterocycles. The summed E-state index contributed by atoms with van der Waals surface area (Å²) in [4.78, 5) is 11.8. The molecule has 0 bridgehead atoms. The normalized spacial score (nSPS) is 13.0. The number of carbonyl (C=O) groups is 1. The van der Waals surface area contributed by atoms with Crippen molar-refractivity contribution in [2.75, 3.05) is 0 Å². The number of hydrogen-bond acceptors (Lipinski definition) is 3. The third-order valence-electron chi connectivity index (χ3n) is 1.25. The summed E-state index contributed by atoms with van der Waals surface area (Å²) in [5.74, 6) is -0.0926. The summed E-state index contributed by atoms with van der Waals surface area (Å²) < 4.78 is 0. The molecule has 2 N–H and O–H groups in total. The van der Waals surface area contributed by atoms with Crippen LogP contribution in [0.1, 0.15) is 16.6 Å². The Balaban J connectivity index is 2.93. The summed E-state index contributed by atoms with van der Waals surface area (Å²) in [6, 6.07) is 1.23. The Hall–Kier alpha value is -0.380. The number of carbonyl (C=O) groups excluding carboxylic acids is 1. The molecule has 0 aromatic carbocycles. The standard InChI is InChI=1S/C7H8ClNOS/c1-4(9)6(10)7-5(8)2-3-11-7/h2-4H,9H2,1H3/t4-/m1/s1. The van der Waals surface area contributed by atoms with Gasteiger partial charge in [-0.25, -0.2) is 0 Å². The first-order valence-electron chi connectivity index (χ1n) is 3.15. The van der Waals surface area contributed by atoms with E-state index in [1.165, 1.54) is 11.3 Å². The second-order valence-electron chi connectivity index (χ2n) is 2.25. The molecule has 0 saturated heterocycles. The summed E-state index contributed by atoms with van der Waals surface area (Å²) in [6.45, 7) is 1.65. The molecule has 60 valence electrons. The van der Waals surface area contributed by atoms with Crippen LogP contribution in [0.25, 0.3) is 0 Å². The van der Waals surface area contributed by atoms with Gasteiger partial charge in [-0.2, -0.15) is 0 Å². The molecule has 1 atom stereocenters. The van der Waals surface area contributed by atoms with E-state index in [9.17, 15) is 4.79 Å². The Bertz CT molecular complexity index is 269. The topological polar surface area (TPSA) is 43.1 Å². The summed E-state index contributed by atoms with van der Waals surface area (Å²) in [5, 5.41) is 2.27. The highest BCUT2D eigenvalue weighted by molar-refractivity contribution is 7.12. The van der Waals surface area contributed by atoms with E-state index in [-0.39, 0.29) is 5.78 Å². The van der Waals surface area contributed by atoms with Crippen molar-refractivity contribution in [3.05, 3.63) is 21.3 Å². The molecule has 2 nitrogen and oxygen atoms in total. The number of hydrogen-bond donors (Lipinski definition) is 1. The average molecular weight is 190 g/mol. The van der Waals surface area contributed by atoms with Gasteiger partial charge in [-0.15, -0.1) is 11.3 Å². The van der Waals surface area contributed by atoms with E-state index < -0.39 is 6.04 Å². The molecular weight excluding hydrogens is 182 g/mol. The lowest BCUT2D eigenvalue weighted by Gasteiger charge is -2.00. The molecule has 0 saturated carbocycles. The van der Waals surface area contributed by atoms with Crippen molar-refractivity contribution in [1.82, 2.24) is 0 Å². The SMILES string of the molecule is C[C@@H](N)C(=O)c1sccc1Cl. The highest BCUT2D eigenvalue weighted by atomic mass is 35.5. The van der Waals surface area contributed by atoms with Crippen molar-refractivity contribution in [2.45, 2.75) is 13.0 Å². The summed E-state index contributed by atoms with van der Waals surface area (Å²) in [7, 11) is 0. The van der Waals surface area contributed by atoms with Gasteiger partial charge in [-0.3, -0.25) is 4.79 Å². The Morgan fingerprint density at radius 2 is 2.45 bits per heavy atom. The van der Waals surface area contributed by atoms with E-state index in [1.807, 2.05) is 0 Å². The number of rotatable bonds is 2. The average Bonchev–Trinajstić information content (AvgIpc) is 2.33. The van der Waals surface area contributed by atoms with Crippen LogP contribution in [0.2, 0.25) is 5.02 Å².